The van der Waals surface area contributed by atoms with Crippen molar-refractivity contribution in [3.05, 3.63) is 28.3 Å². The van der Waals surface area contributed by atoms with E-state index in [1.54, 1.807) is 0 Å². The van der Waals surface area contributed by atoms with Crippen molar-refractivity contribution >= 4 is 11.6 Å². The van der Waals surface area contributed by atoms with Gasteiger partial charge >= 0.3 is 0 Å². The first-order chi connectivity index (χ1) is 8.78. The summed E-state index contributed by atoms with van der Waals surface area (Å²) >= 11 is 6.25. The summed E-state index contributed by atoms with van der Waals surface area (Å²) in [7, 11) is 0. The van der Waals surface area contributed by atoms with Gasteiger partial charge in [0.05, 0.1) is 0 Å². The minimum absolute atomic E-state index is 0.140. The van der Waals surface area contributed by atoms with Crippen LogP contribution in [0.25, 0.3) is 0 Å². The monoisotopic (exact) mass is 265 g/mol. The molecule has 2 N–H and O–H groups in total. The smallest absolute Gasteiger partial charge is 0.126 e. The summed E-state index contributed by atoms with van der Waals surface area (Å²) in [5.41, 5.74) is 8.30. The Morgan fingerprint density at radius 3 is 2.72 bits per heavy atom. The maximum absolute atomic E-state index is 6.25. The highest BCUT2D eigenvalue weighted by Crippen LogP contribution is 2.43. The summed E-state index contributed by atoms with van der Waals surface area (Å²) in [6.07, 6.45) is 7.60. The van der Waals surface area contributed by atoms with Gasteiger partial charge in [-0.2, -0.15) is 0 Å². The number of halogens is 1. The Bertz CT molecular complexity index is 440. The minimum atomic E-state index is 0.140. The number of nitrogens with two attached hydrogens (primary N) is 1. The van der Waals surface area contributed by atoms with E-state index in [2.05, 4.69) is 6.07 Å². The molecular formula is C15H20ClNO. The molecule has 1 atom stereocenters. The van der Waals surface area contributed by atoms with Crippen LogP contribution < -0.4 is 10.5 Å². The standard InChI is InChI=1S/C15H20ClNO/c16-12-6-11-7-13(9-17)18-15(11)14(8-12)10-4-2-1-3-5-10/h6,8,10,13H,1-5,7,9,17H2/t13-/m0/s1. The zero-order chi connectivity index (χ0) is 12.5. The average molecular weight is 266 g/mol. The lowest BCUT2D eigenvalue weighted by atomic mass is 9.83. The number of benzene rings is 1. The minimum Gasteiger partial charge on any atom is -0.488 e. The summed E-state index contributed by atoms with van der Waals surface area (Å²) in [5, 5.41) is 0.843. The molecule has 2 nitrogen and oxygen atoms in total. The van der Waals surface area contributed by atoms with E-state index in [0.717, 1.165) is 17.2 Å². The molecule has 0 bridgehead atoms. The molecule has 0 spiro atoms. The normalized spacial score (nSPS) is 23.8. The lowest BCUT2D eigenvalue weighted by molar-refractivity contribution is 0.237. The number of fused-ring (bicyclic) bond motifs is 1. The van der Waals surface area contributed by atoms with Gasteiger partial charge in [-0.15, -0.1) is 0 Å². The van der Waals surface area contributed by atoms with Gasteiger partial charge in [0.1, 0.15) is 11.9 Å². The van der Waals surface area contributed by atoms with Gasteiger partial charge in [0.25, 0.3) is 0 Å². The molecule has 0 amide bonds. The zero-order valence-corrected chi connectivity index (χ0v) is 11.4. The van der Waals surface area contributed by atoms with Crippen LogP contribution in [0.5, 0.6) is 5.75 Å². The van der Waals surface area contributed by atoms with Crippen LogP contribution in [0.2, 0.25) is 5.02 Å². The van der Waals surface area contributed by atoms with Crippen LogP contribution in [0.4, 0.5) is 0 Å². The van der Waals surface area contributed by atoms with E-state index in [1.807, 2.05) is 6.07 Å². The fourth-order valence-electron chi connectivity index (χ4n) is 3.27. The highest BCUT2D eigenvalue weighted by molar-refractivity contribution is 6.30. The quantitative estimate of drug-likeness (QED) is 0.886. The molecule has 0 saturated heterocycles. The van der Waals surface area contributed by atoms with E-state index in [0.29, 0.717) is 12.5 Å². The van der Waals surface area contributed by atoms with Crippen LogP contribution in [-0.4, -0.2) is 12.6 Å². The van der Waals surface area contributed by atoms with Crippen molar-refractivity contribution in [2.45, 2.75) is 50.5 Å². The molecular weight excluding hydrogens is 246 g/mol. The van der Waals surface area contributed by atoms with Crippen LogP contribution in [0, 0.1) is 0 Å². The van der Waals surface area contributed by atoms with Gasteiger partial charge in [0, 0.05) is 18.0 Å². The molecule has 3 heteroatoms. The Kier molecular flexibility index (Phi) is 3.49. The van der Waals surface area contributed by atoms with Crippen molar-refractivity contribution in [1.29, 1.82) is 0 Å². The van der Waals surface area contributed by atoms with Crippen LogP contribution >= 0.6 is 11.6 Å². The number of hydrogen-bond acceptors (Lipinski definition) is 2. The van der Waals surface area contributed by atoms with Crippen LogP contribution in [0.1, 0.15) is 49.1 Å². The van der Waals surface area contributed by atoms with Crippen molar-refractivity contribution in [2.75, 3.05) is 6.54 Å². The van der Waals surface area contributed by atoms with E-state index in [9.17, 15) is 0 Å². The Morgan fingerprint density at radius 2 is 2.00 bits per heavy atom. The van der Waals surface area contributed by atoms with Gasteiger partial charge < -0.3 is 10.5 Å². The maximum atomic E-state index is 6.25. The van der Waals surface area contributed by atoms with Gasteiger partial charge in [-0.05, 0) is 42.0 Å². The highest BCUT2D eigenvalue weighted by Gasteiger charge is 2.28. The molecule has 0 unspecified atom stereocenters. The topological polar surface area (TPSA) is 35.2 Å². The van der Waals surface area contributed by atoms with Crippen molar-refractivity contribution in [2.24, 2.45) is 5.73 Å². The number of hydrogen-bond donors (Lipinski definition) is 1. The predicted molar refractivity (Wildman–Crippen MR) is 74.5 cm³/mol. The SMILES string of the molecule is NC[C@@H]1Cc2cc(Cl)cc(C3CCCCC3)c2O1. The zero-order valence-electron chi connectivity index (χ0n) is 10.6. The van der Waals surface area contributed by atoms with E-state index in [-0.39, 0.29) is 6.10 Å². The van der Waals surface area contributed by atoms with Crippen molar-refractivity contribution in [1.82, 2.24) is 0 Å². The van der Waals surface area contributed by atoms with Gasteiger partial charge in [-0.25, -0.2) is 0 Å². The molecule has 1 aromatic carbocycles. The fraction of sp³-hybridized carbons (Fsp3) is 0.600. The maximum Gasteiger partial charge on any atom is 0.126 e. The second-order valence-corrected chi connectivity index (χ2v) is 5.93. The molecule has 1 aromatic rings. The molecule has 1 saturated carbocycles. The van der Waals surface area contributed by atoms with E-state index in [1.165, 1.54) is 43.2 Å². The summed E-state index contributed by atoms with van der Waals surface area (Å²) in [6, 6.07) is 4.15. The molecule has 0 radical (unpaired) electrons. The number of ether oxygens (including phenoxy) is 1. The molecule has 0 aromatic heterocycles. The Balaban J connectivity index is 1.94. The molecule has 1 aliphatic heterocycles. The van der Waals surface area contributed by atoms with E-state index < -0.39 is 0 Å². The fourth-order valence-corrected chi connectivity index (χ4v) is 3.52. The molecule has 98 valence electrons. The lowest BCUT2D eigenvalue weighted by Crippen LogP contribution is -2.24. The van der Waals surface area contributed by atoms with Crippen molar-refractivity contribution < 1.29 is 4.74 Å². The Morgan fingerprint density at radius 1 is 1.22 bits per heavy atom. The van der Waals surface area contributed by atoms with Gasteiger partial charge in [-0.1, -0.05) is 30.9 Å². The van der Waals surface area contributed by atoms with E-state index in [4.69, 9.17) is 22.1 Å². The molecule has 1 fully saturated rings. The molecule has 18 heavy (non-hydrogen) atoms. The first kappa shape index (κ1) is 12.3. The summed E-state index contributed by atoms with van der Waals surface area (Å²) in [6.45, 7) is 0.580. The molecule has 3 rings (SSSR count). The summed E-state index contributed by atoms with van der Waals surface area (Å²) < 4.78 is 6.01. The highest BCUT2D eigenvalue weighted by atomic mass is 35.5. The lowest BCUT2D eigenvalue weighted by Gasteiger charge is -2.24. The van der Waals surface area contributed by atoms with E-state index >= 15 is 0 Å². The third kappa shape index (κ3) is 2.24. The van der Waals surface area contributed by atoms with Crippen LogP contribution in [0.3, 0.4) is 0 Å². The molecule has 1 aliphatic carbocycles. The van der Waals surface area contributed by atoms with Crippen molar-refractivity contribution in [3.63, 3.8) is 0 Å². The second kappa shape index (κ2) is 5.10. The van der Waals surface area contributed by atoms with Gasteiger partial charge in [0.15, 0.2) is 0 Å². The average Bonchev–Trinajstić information content (AvgIpc) is 2.81. The number of rotatable bonds is 2. The first-order valence-corrected chi connectivity index (χ1v) is 7.34. The van der Waals surface area contributed by atoms with Gasteiger partial charge in [-0.3, -0.25) is 0 Å². The summed E-state index contributed by atoms with van der Waals surface area (Å²) in [4.78, 5) is 0. The predicted octanol–water partition coefficient (Wildman–Crippen LogP) is 3.65. The third-order valence-electron chi connectivity index (χ3n) is 4.20. The Hall–Kier alpha value is -0.730. The van der Waals surface area contributed by atoms with Crippen molar-refractivity contribution in [3.8, 4) is 5.75 Å². The second-order valence-electron chi connectivity index (χ2n) is 5.50. The van der Waals surface area contributed by atoms with Crippen LogP contribution in [-0.2, 0) is 6.42 Å². The first-order valence-electron chi connectivity index (χ1n) is 6.97. The third-order valence-corrected chi connectivity index (χ3v) is 4.42. The molecule has 2 aliphatic rings. The van der Waals surface area contributed by atoms with Gasteiger partial charge in [0.2, 0.25) is 0 Å². The largest absolute Gasteiger partial charge is 0.488 e. The molecule has 1 heterocycles. The van der Waals surface area contributed by atoms with Crippen LogP contribution in [0.15, 0.2) is 12.1 Å². The Labute approximate surface area is 113 Å². The summed E-state index contributed by atoms with van der Waals surface area (Å²) in [5.74, 6) is 1.71.